The van der Waals surface area contributed by atoms with E-state index in [2.05, 4.69) is 43.5 Å². The first-order valence-corrected chi connectivity index (χ1v) is 35.3. The summed E-state index contributed by atoms with van der Waals surface area (Å²) in [5, 5.41) is 23.3. The highest BCUT2D eigenvalue weighted by atomic mass is 16.5. The SMILES string of the molecule is CCCCC/C=C\C/C=C\CCCCCCCC(=O)OCCCCCCCCCCCCCCCCCCCCCCCCC(=O)NC(CO)C(O)/C=C/CCCCCCCCCCCCCCCCCCCCCCCC. The molecule has 0 saturated heterocycles. The van der Waals surface area contributed by atoms with Gasteiger partial charge in [-0.25, -0.2) is 0 Å². The molecule has 0 aliphatic rings. The molecule has 0 heterocycles. The minimum atomic E-state index is -0.847. The average Bonchev–Trinajstić information content (AvgIpc) is 3.44. The van der Waals surface area contributed by atoms with Crippen LogP contribution in [-0.4, -0.2) is 47.4 Å². The first-order valence-electron chi connectivity index (χ1n) is 35.3. The Hall–Kier alpha value is -1.92. The van der Waals surface area contributed by atoms with Gasteiger partial charge in [-0.3, -0.25) is 9.59 Å². The van der Waals surface area contributed by atoms with E-state index in [0.717, 1.165) is 51.4 Å². The number of carbonyl (C=O) groups excluding carboxylic acids is 2. The van der Waals surface area contributed by atoms with Gasteiger partial charge in [0.25, 0.3) is 0 Å². The maximum atomic E-state index is 12.5. The Morgan fingerprint density at radius 1 is 0.359 bits per heavy atom. The van der Waals surface area contributed by atoms with Gasteiger partial charge in [-0.2, -0.15) is 0 Å². The van der Waals surface area contributed by atoms with Crippen LogP contribution in [0, 0.1) is 0 Å². The standard InChI is InChI=1S/C72H137NO5/c1-3-5-7-9-11-13-15-17-19-20-21-22-23-24-27-30-33-37-40-44-48-52-56-60-64-70(75)69(68-74)73-71(76)65-61-57-53-49-45-41-38-34-31-28-25-26-29-32-35-39-43-47-51-55-59-63-67-78-72(77)66-62-58-54-50-46-42-36-18-16-14-12-10-8-6-4-2/h12,14,18,36,60,64,69-70,74-75H,3-11,13,15-17,19-35,37-59,61-63,65-68H2,1-2H3,(H,73,76)/b14-12-,36-18-,64-60+. The summed E-state index contributed by atoms with van der Waals surface area (Å²) in [5.74, 6) is -0.0651. The number of rotatable bonds is 66. The molecule has 0 radical (unpaired) electrons. The van der Waals surface area contributed by atoms with Crippen molar-refractivity contribution in [3.8, 4) is 0 Å². The highest BCUT2D eigenvalue weighted by Crippen LogP contribution is 2.19. The molecule has 3 N–H and O–H groups in total. The second kappa shape index (κ2) is 67.6. The molecule has 0 aliphatic heterocycles. The van der Waals surface area contributed by atoms with Gasteiger partial charge in [0.1, 0.15) is 0 Å². The van der Waals surface area contributed by atoms with Crippen molar-refractivity contribution in [1.29, 1.82) is 0 Å². The third kappa shape index (κ3) is 63.3. The van der Waals surface area contributed by atoms with Crippen molar-refractivity contribution in [2.75, 3.05) is 13.2 Å². The minimum absolute atomic E-state index is 0.000717. The Balaban J connectivity index is 3.42. The van der Waals surface area contributed by atoms with Crippen molar-refractivity contribution in [1.82, 2.24) is 5.32 Å². The number of aliphatic hydroxyl groups is 2. The molecule has 460 valence electrons. The molecule has 0 aromatic heterocycles. The fourth-order valence-corrected chi connectivity index (χ4v) is 11.0. The number of allylic oxidation sites excluding steroid dienone is 5. The number of unbranched alkanes of at least 4 members (excludes halogenated alkanes) is 51. The highest BCUT2D eigenvalue weighted by molar-refractivity contribution is 5.76. The van der Waals surface area contributed by atoms with E-state index >= 15 is 0 Å². The quantitative estimate of drug-likeness (QED) is 0.0320. The smallest absolute Gasteiger partial charge is 0.305 e. The maximum absolute atomic E-state index is 12.5. The lowest BCUT2D eigenvalue weighted by molar-refractivity contribution is -0.143. The monoisotopic (exact) mass is 1100 g/mol. The lowest BCUT2D eigenvalue weighted by Gasteiger charge is -2.20. The minimum Gasteiger partial charge on any atom is -0.466 e. The van der Waals surface area contributed by atoms with E-state index in [1.807, 2.05) is 6.08 Å². The molecule has 2 atom stereocenters. The fraction of sp³-hybridized carbons (Fsp3) is 0.889. The zero-order chi connectivity index (χ0) is 56.4. The molecule has 6 heteroatoms. The van der Waals surface area contributed by atoms with Crippen LogP contribution in [0.5, 0.6) is 0 Å². The molecule has 0 fully saturated rings. The molecular weight excluding hydrogens is 959 g/mol. The molecule has 6 nitrogen and oxygen atoms in total. The molecule has 2 unspecified atom stereocenters. The van der Waals surface area contributed by atoms with Crippen LogP contribution in [0.25, 0.3) is 0 Å². The van der Waals surface area contributed by atoms with Crippen molar-refractivity contribution in [2.45, 2.75) is 398 Å². The summed E-state index contributed by atoms with van der Waals surface area (Å²) in [5.41, 5.74) is 0. The van der Waals surface area contributed by atoms with Crippen molar-refractivity contribution >= 4 is 11.9 Å². The first-order chi connectivity index (χ1) is 38.5. The van der Waals surface area contributed by atoms with E-state index in [-0.39, 0.29) is 18.5 Å². The second-order valence-corrected chi connectivity index (χ2v) is 24.2. The van der Waals surface area contributed by atoms with Gasteiger partial charge in [-0.1, -0.05) is 346 Å². The summed E-state index contributed by atoms with van der Waals surface area (Å²) in [7, 11) is 0. The van der Waals surface area contributed by atoms with E-state index < -0.39 is 12.1 Å². The van der Waals surface area contributed by atoms with Crippen molar-refractivity contribution in [2.24, 2.45) is 0 Å². The predicted octanol–water partition coefficient (Wildman–Crippen LogP) is 22.7. The highest BCUT2D eigenvalue weighted by Gasteiger charge is 2.18. The Labute approximate surface area is 487 Å². The van der Waals surface area contributed by atoms with Crippen LogP contribution in [0.3, 0.4) is 0 Å². The zero-order valence-corrected chi connectivity index (χ0v) is 52.7. The molecule has 0 aliphatic carbocycles. The fourth-order valence-electron chi connectivity index (χ4n) is 11.0. The number of nitrogens with one attached hydrogen (secondary N) is 1. The number of hydrogen-bond acceptors (Lipinski definition) is 5. The third-order valence-electron chi connectivity index (χ3n) is 16.4. The van der Waals surface area contributed by atoms with Gasteiger partial charge in [0.15, 0.2) is 0 Å². The number of amides is 1. The van der Waals surface area contributed by atoms with Gasteiger partial charge in [0.2, 0.25) is 5.91 Å². The van der Waals surface area contributed by atoms with Crippen molar-refractivity contribution in [3.63, 3.8) is 0 Å². The molecule has 0 spiro atoms. The van der Waals surface area contributed by atoms with Crippen LogP contribution < -0.4 is 5.32 Å². The van der Waals surface area contributed by atoms with Crippen LogP contribution in [0.2, 0.25) is 0 Å². The molecule has 78 heavy (non-hydrogen) atoms. The van der Waals surface area contributed by atoms with Crippen LogP contribution >= 0.6 is 0 Å². The normalized spacial score (nSPS) is 12.7. The molecule has 0 aromatic carbocycles. The maximum Gasteiger partial charge on any atom is 0.305 e. The molecule has 0 rings (SSSR count). The lowest BCUT2D eigenvalue weighted by atomic mass is 10.0. The second-order valence-electron chi connectivity index (χ2n) is 24.2. The molecule has 0 saturated carbocycles. The topological polar surface area (TPSA) is 95.9 Å². The largest absolute Gasteiger partial charge is 0.466 e. The Morgan fingerprint density at radius 3 is 1.00 bits per heavy atom. The number of ether oxygens (including phenoxy) is 1. The van der Waals surface area contributed by atoms with Crippen LogP contribution in [-0.2, 0) is 14.3 Å². The lowest BCUT2D eigenvalue weighted by Crippen LogP contribution is -2.45. The zero-order valence-electron chi connectivity index (χ0n) is 52.7. The van der Waals surface area contributed by atoms with E-state index in [9.17, 15) is 19.8 Å². The van der Waals surface area contributed by atoms with E-state index in [1.165, 1.54) is 308 Å². The van der Waals surface area contributed by atoms with Crippen molar-refractivity contribution in [3.05, 3.63) is 36.5 Å². The Morgan fingerprint density at radius 2 is 0.641 bits per heavy atom. The van der Waals surface area contributed by atoms with Crippen molar-refractivity contribution < 1.29 is 24.5 Å². The summed E-state index contributed by atoms with van der Waals surface area (Å²) in [6, 6.07) is -0.630. The van der Waals surface area contributed by atoms with Gasteiger partial charge < -0.3 is 20.3 Å². The average molecular weight is 1100 g/mol. The number of esters is 1. The summed E-state index contributed by atoms with van der Waals surface area (Å²) in [6.45, 7) is 4.90. The molecule has 0 aromatic rings. The summed E-state index contributed by atoms with van der Waals surface area (Å²) >= 11 is 0. The first kappa shape index (κ1) is 76.1. The Kier molecular flexibility index (Phi) is 65.9. The summed E-state index contributed by atoms with van der Waals surface area (Å²) < 4.78 is 5.48. The summed E-state index contributed by atoms with van der Waals surface area (Å²) in [6.07, 6.45) is 86.4. The van der Waals surface area contributed by atoms with Gasteiger partial charge in [-0.05, 0) is 64.2 Å². The third-order valence-corrected chi connectivity index (χ3v) is 16.4. The predicted molar refractivity (Wildman–Crippen MR) is 343 cm³/mol. The van der Waals surface area contributed by atoms with Crippen LogP contribution in [0.15, 0.2) is 36.5 Å². The summed E-state index contributed by atoms with van der Waals surface area (Å²) in [4.78, 5) is 24.6. The molecule has 1 amide bonds. The van der Waals surface area contributed by atoms with E-state index in [1.54, 1.807) is 6.08 Å². The Bertz CT molecular complexity index is 1260. The number of carbonyl (C=O) groups is 2. The number of aliphatic hydroxyl groups excluding tert-OH is 2. The van der Waals surface area contributed by atoms with Crippen LogP contribution in [0.1, 0.15) is 386 Å². The van der Waals surface area contributed by atoms with Gasteiger partial charge in [0, 0.05) is 12.8 Å². The van der Waals surface area contributed by atoms with Gasteiger partial charge in [-0.15, -0.1) is 0 Å². The molecule has 0 bridgehead atoms. The number of hydrogen-bond donors (Lipinski definition) is 3. The van der Waals surface area contributed by atoms with Gasteiger partial charge >= 0.3 is 5.97 Å². The van der Waals surface area contributed by atoms with Gasteiger partial charge in [0.05, 0.1) is 25.4 Å². The molecular formula is C72H137NO5. The van der Waals surface area contributed by atoms with Crippen LogP contribution in [0.4, 0.5) is 0 Å². The van der Waals surface area contributed by atoms with E-state index in [0.29, 0.717) is 19.4 Å². The van der Waals surface area contributed by atoms with E-state index in [4.69, 9.17) is 4.74 Å².